The Morgan fingerprint density at radius 2 is 1.80 bits per heavy atom. The van der Waals surface area contributed by atoms with Gasteiger partial charge in [-0.25, -0.2) is 0 Å². The van der Waals surface area contributed by atoms with Gasteiger partial charge in [0.15, 0.2) is 0 Å². The van der Waals surface area contributed by atoms with Crippen LogP contribution in [0.15, 0.2) is 60.8 Å². The van der Waals surface area contributed by atoms with Crippen LogP contribution in [-0.2, 0) is 11.3 Å². The van der Waals surface area contributed by atoms with E-state index in [-0.39, 0.29) is 12.1 Å². The Bertz CT molecular complexity index is 870. The van der Waals surface area contributed by atoms with Gasteiger partial charge in [0.1, 0.15) is 6.17 Å². The van der Waals surface area contributed by atoms with Crippen LogP contribution in [0.1, 0.15) is 23.0 Å². The number of aromatic nitrogens is 2. The standard InChI is InChI=1S/C20H20N4O/c1-14-18(11-21-23-14)20-22-19(25)13-24(20)12-15-7-9-17(10-8-15)16-5-3-2-4-6-16/h2-11,20H,12-13H2,1H3,(H,21,23)(H,22,25)/t20-/m0/s1. The molecule has 0 spiro atoms. The number of hydrogen-bond acceptors (Lipinski definition) is 3. The molecule has 5 nitrogen and oxygen atoms in total. The Labute approximate surface area is 146 Å². The molecule has 0 aliphatic carbocycles. The molecule has 1 aliphatic rings. The number of H-pyrrole nitrogens is 1. The molecule has 0 radical (unpaired) electrons. The van der Waals surface area contributed by atoms with Crippen molar-refractivity contribution in [3.05, 3.63) is 77.6 Å². The van der Waals surface area contributed by atoms with E-state index in [1.807, 2.05) is 25.1 Å². The van der Waals surface area contributed by atoms with E-state index in [0.717, 1.165) is 11.3 Å². The molecule has 25 heavy (non-hydrogen) atoms. The second-order valence-electron chi connectivity index (χ2n) is 6.39. The van der Waals surface area contributed by atoms with Crippen molar-refractivity contribution in [3.63, 3.8) is 0 Å². The van der Waals surface area contributed by atoms with Crippen molar-refractivity contribution < 1.29 is 4.79 Å². The molecule has 5 heteroatoms. The summed E-state index contributed by atoms with van der Waals surface area (Å²) in [4.78, 5) is 14.1. The highest BCUT2D eigenvalue weighted by molar-refractivity contribution is 5.80. The zero-order chi connectivity index (χ0) is 17.2. The van der Waals surface area contributed by atoms with Gasteiger partial charge in [0.25, 0.3) is 0 Å². The summed E-state index contributed by atoms with van der Waals surface area (Å²) in [6.45, 7) is 3.08. The number of benzene rings is 2. The first-order valence-corrected chi connectivity index (χ1v) is 8.38. The number of carbonyl (C=O) groups excluding carboxylic acids is 1. The lowest BCUT2D eigenvalue weighted by atomic mass is 10.0. The topological polar surface area (TPSA) is 61.0 Å². The average Bonchev–Trinajstić information content (AvgIpc) is 3.21. The Morgan fingerprint density at radius 1 is 1.08 bits per heavy atom. The number of nitrogens with zero attached hydrogens (tertiary/aromatic N) is 2. The third kappa shape index (κ3) is 3.19. The number of nitrogens with one attached hydrogen (secondary N) is 2. The Morgan fingerprint density at radius 3 is 2.48 bits per heavy atom. The van der Waals surface area contributed by atoms with E-state index in [1.165, 1.54) is 16.7 Å². The fraction of sp³-hybridized carbons (Fsp3) is 0.200. The molecular weight excluding hydrogens is 312 g/mol. The van der Waals surface area contributed by atoms with Crippen LogP contribution < -0.4 is 5.32 Å². The quantitative estimate of drug-likeness (QED) is 0.772. The lowest BCUT2D eigenvalue weighted by molar-refractivity contribution is -0.118. The molecule has 1 aromatic heterocycles. The molecule has 3 aromatic rings. The molecule has 0 unspecified atom stereocenters. The van der Waals surface area contributed by atoms with Crippen molar-refractivity contribution in [2.75, 3.05) is 6.54 Å². The highest BCUT2D eigenvalue weighted by Crippen LogP contribution is 2.26. The van der Waals surface area contributed by atoms with Crippen molar-refractivity contribution >= 4 is 5.91 Å². The smallest absolute Gasteiger partial charge is 0.235 e. The van der Waals surface area contributed by atoms with Gasteiger partial charge in [-0.3, -0.25) is 14.8 Å². The van der Waals surface area contributed by atoms with Crippen molar-refractivity contribution in [2.45, 2.75) is 19.6 Å². The summed E-state index contributed by atoms with van der Waals surface area (Å²) in [6.07, 6.45) is 1.66. The molecule has 1 aliphatic heterocycles. The molecule has 2 aromatic carbocycles. The van der Waals surface area contributed by atoms with Gasteiger partial charge in [0.2, 0.25) is 5.91 Å². The van der Waals surface area contributed by atoms with Gasteiger partial charge in [-0.2, -0.15) is 5.10 Å². The molecule has 126 valence electrons. The molecule has 4 rings (SSSR count). The number of carbonyl (C=O) groups is 1. The fourth-order valence-electron chi connectivity index (χ4n) is 3.29. The highest BCUT2D eigenvalue weighted by atomic mass is 16.2. The van der Waals surface area contributed by atoms with Crippen LogP contribution in [0.5, 0.6) is 0 Å². The summed E-state index contributed by atoms with van der Waals surface area (Å²) in [5.41, 5.74) is 5.59. The second-order valence-corrected chi connectivity index (χ2v) is 6.39. The first kappa shape index (κ1) is 15.6. The highest BCUT2D eigenvalue weighted by Gasteiger charge is 2.32. The van der Waals surface area contributed by atoms with E-state index in [9.17, 15) is 4.79 Å². The third-order valence-electron chi connectivity index (χ3n) is 4.62. The molecule has 0 saturated carbocycles. The zero-order valence-corrected chi connectivity index (χ0v) is 14.1. The zero-order valence-electron chi connectivity index (χ0n) is 14.1. The summed E-state index contributed by atoms with van der Waals surface area (Å²) in [5.74, 6) is 0.0477. The normalized spacial score (nSPS) is 17.6. The van der Waals surface area contributed by atoms with E-state index in [1.54, 1.807) is 6.20 Å². The first-order valence-electron chi connectivity index (χ1n) is 8.38. The summed E-state index contributed by atoms with van der Waals surface area (Å²) in [6, 6.07) is 18.8. The number of aryl methyl sites for hydroxylation is 1. The number of amides is 1. The lowest BCUT2D eigenvalue weighted by Crippen LogP contribution is -2.27. The summed E-state index contributed by atoms with van der Waals surface area (Å²) < 4.78 is 0. The van der Waals surface area contributed by atoms with Crippen LogP contribution in [0.3, 0.4) is 0 Å². The van der Waals surface area contributed by atoms with Crippen molar-refractivity contribution in [3.8, 4) is 11.1 Å². The van der Waals surface area contributed by atoms with Crippen LogP contribution >= 0.6 is 0 Å². The Balaban J connectivity index is 1.53. The molecule has 1 atom stereocenters. The Kier molecular flexibility index (Phi) is 4.07. The predicted octanol–water partition coefficient (Wildman–Crippen LogP) is 3.02. The third-order valence-corrected chi connectivity index (χ3v) is 4.62. The van der Waals surface area contributed by atoms with Gasteiger partial charge in [0.05, 0.1) is 12.7 Å². The first-order chi connectivity index (χ1) is 12.2. The van der Waals surface area contributed by atoms with Gasteiger partial charge >= 0.3 is 0 Å². The molecular formula is C20H20N4O. The molecule has 1 fully saturated rings. The average molecular weight is 332 g/mol. The van der Waals surface area contributed by atoms with Crippen LogP contribution in [0.25, 0.3) is 11.1 Å². The monoisotopic (exact) mass is 332 g/mol. The van der Waals surface area contributed by atoms with Gasteiger partial charge < -0.3 is 5.32 Å². The molecule has 1 amide bonds. The largest absolute Gasteiger partial charge is 0.335 e. The van der Waals surface area contributed by atoms with Crippen molar-refractivity contribution in [2.24, 2.45) is 0 Å². The maximum atomic E-state index is 11.9. The van der Waals surface area contributed by atoms with Crippen molar-refractivity contribution in [1.29, 1.82) is 0 Å². The van der Waals surface area contributed by atoms with Crippen LogP contribution in [0.2, 0.25) is 0 Å². The minimum absolute atomic E-state index is 0.0477. The van der Waals surface area contributed by atoms with Gasteiger partial charge in [-0.1, -0.05) is 54.6 Å². The minimum atomic E-state index is -0.125. The number of hydrogen-bond donors (Lipinski definition) is 2. The van der Waals surface area contributed by atoms with E-state index < -0.39 is 0 Å². The lowest BCUT2D eigenvalue weighted by Gasteiger charge is -2.23. The van der Waals surface area contributed by atoms with Crippen molar-refractivity contribution in [1.82, 2.24) is 20.4 Å². The fourth-order valence-corrected chi connectivity index (χ4v) is 3.29. The molecule has 2 heterocycles. The Hall–Kier alpha value is -2.92. The molecule has 0 bridgehead atoms. The second kappa shape index (κ2) is 6.53. The maximum Gasteiger partial charge on any atom is 0.235 e. The van der Waals surface area contributed by atoms with Crippen LogP contribution in [-0.4, -0.2) is 27.5 Å². The van der Waals surface area contributed by atoms with Gasteiger partial charge in [-0.05, 0) is 23.6 Å². The van der Waals surface area contributed by atoms with E-state index in [0.29, 0.717) is 13.1 Å². The number of aromatic amines is 1. The van der Waals surface area contributed by atoms with Gasteiger partial charge in [0, 0.05) is 17.8 Å². The summed E-state index contributed by atoms with van der Waals surface area (Å²) in [5, 5.41) is 10.0. The predicted molar refractivity (Wildman–Crippen MR) is 96.5 cm³/mol. The summed E-state index contributed by atoms with van der Waals surface area (Å²) in [7, 11) is 0. The SMILES string of the molecule is Cc1[nH]ncc1[C@H]1NC(=O)CN1Cc1ccc(-c2ccccc2)cc1. The van der Waals surface area contributed by atoms with E-state index in [2.05, 4.69) is 56.8 Å². The van der Waals surface area contributed by atoms with Gasteiger partial charge in [-0.15, -0.1) is 0 Å². The van der Waals surface area contributed by atoms with E-state index in [4.69, 9.17) is 0 Å². The molecule has 2 N–H and O–H groups in total. The van der Waals surface area contributed by atoms with Crippen LogP contribution in [0, 0.1) is 6.92 Å². The number of rotatable bonds is 4. The van der Waals surface area contributed by atoms with Crippen LogP contribution in [0.4, 0.5) is 0 Å². The minimum Gasteiger partial charge on any atom is -0.335 e. The van der Waals surface area contributed by atoms with E-state index >= 15 is 0 Å². The summed E-state index contributed by atoms with van der Waals surface area (Å²) >= 11 is 0. The maximum absolute atomic E-state index is 11.9. The molecule has 1 saturated heterocycles.